The van der Waals surface area contributed by atoms with Gasteiger partial charge >= 0.3 is 0 Å². The molecule has 0 aromatic carbocycles. The number of hydrogen-bond donors (Lipinski definition) is 1. The number of aromatic nitrogens is 3. The molecule has 2 heterocycles. The second kappa shape index (κ2) is 4.23. The van der Waals surface area contributed by atoms with Gasteiger partial charge in [-0.15, -0.1) is 0 Å². The van der Waals surface area contributed by atoms with E-state index in [1.54, 1.807) is 12.4 Å². The van der Waals surface area contributed by atoms with Crippen molar-refractivity contribution in [1.82, 2.24) is 14.8 Å². The van der Waals surface area contributed by atoms with Gasteiger partial charge in [0.05, 0.1) is 6.04 Å². The lowest BCUT2D eigenvalue weighted by Gasteiger charge is -2.21. The van der Waals surface area contributed by atoms with Crippen LogP contribution in [0.5, 0.6) is 0 Å². The lowest BCUT2D eigenvalue weighted by atomic mass is 10.0. The summed E-state index contributed by atoms with van der Waals surface area (Å²) in [7, 11) is 0. The van der Waals surface area contributed by atoms with Gasteiger partial charge < -0.3 is 5.73 Å². The van der Waals surface area contributed by atoms with E-state index in [1.807, 2.05) is 42.2 Å². The fourth-order valence-corrected chi connectivity index (χ4v) is 1.69. The van der Waals surface area contributed by atoms with Crippen LogP contribution in [0.3, 0.4) is 0 Å². The minimum Gasteiger partial charge on any atom is -0.326 e. The van der Waals surface area contributed by atoms with Gasteiger partial charge in [-0.2, -0.15) is 5.10 Å². The van der Waals surface area contributed by atoms with E-state index in [0.29, 0.717) is 0 Å². The largest absolute Gasteiger partial charge is 0.326 e. The van der Waals surface area contributed by atoms with E-state index in [-0.39, 0.29) is 12.1 Å². The monoisotopic (exact) mass is 202 g/mol. The maximum absolute atomic E-state index is 5.97. The van der Waals surface area contributed by atoms with Crippen LogP contribution in [0, 0.1) is 0 Å². The molecule has 4 heteroatoms. The van der Waals surface area contributed by atoms with Crippen LogP contribution in [0.15, 0.2) is 43.0 Å². The van der Waals surface area contributed by atoms with Gasteiger partial charge in [-0.1, -0.05) is 6.07 Å². The smallest absolute Gasteiger partial charge is 0.0931 e. The molecular formula is C11H14N4. The minimum absolute atomic E-state index is 0.00546. The Hall–Kier alpha value is -1.68. The molecule has 0 aliphatic rings. The Morgan fingerprint density at radius 3 is 2.73 bits per heavy atom. The van der Waals surface area contributed by atoms with E-state index in [0.717, 1.165) is 5.56 Å². The molecule has 2 rings (SSSR count). The molecule has 2 N–H and O–H groups in total. The average molecular weight is 202 g/mol. The van der Waals surface area contributed by atoms with Crippen LogP contribution in [0.25, 0.3) is 0 Å². The maximum Gasteiger partial charge on any atom is 0.0931 e. The van der Waals surface area contributed by atoms with Crippen molar-refractivity contribution >= 4 is 0 Å². The third-order valence-electron chi connectivity index (χ3n) is 2.33. The van der Waals surface area contributed by atoms with Crippen LogP contribution in [-0.2, 0) is 0 Å². The van der Waals surface area contributed by atoms with E-state index >= 15 is 0 Å². The highest BCUT2D eigenvalue weighted by Crippen LogP contribution is 2.18. The Morgan fingerprint density at radius 1 is 1.33 bits per heavy atom. The molecule has 4 nitrogen and oxygen atoms in total. The Balaban J connectivity index is 2.37. The zero-order valence-corrected chi connectivity index (χ0v) is 8.62. The SMILES string of the molecule is CC(N)C(c1cccnc1)n1cccn1. The highest BCUT2D eigenvalue weighted by Gasteiger charge is 2.18. The molecule has 0 aliphatic heterocycles. The molecular weight excluding hydrogens is 188 g/mol. The average Bonchev–Trinajstić information content (AvgIpc) is 2.72. The fraction of sp³-hybridized carbons (Fsp3) is 0.273. The van der Waals surface area contributed by atoms with Crippen molar-refractivity contribution in [3.05, 3.63) is 48.5 Å². The van der Waals surface area contributed by atoms with E-state index < -0.39 is 0 Å². The van der Waals surface area contributed by atoms with Crippen LogP contribution in [-0.4, -0.2) is 20.8 Å². The van der Waals surface area contributed by atoms with Crippen LogP contribution in [0.4, 0.5) is 0 Å². The Labute approximate surface area is 88.8 Å². The molecule has 2 aromatic rings. The summed E-state index contributed by atoms with van der Waals surface area (Å²) in [6.45, 7) is 1.97. The fourth-order valence-electron chi connectivity index (χ4n) is 1.69. The summed E-state index contributed by atoms with van der Waals surface area (Å²) in [5.41, 5.74) is 7.05. The summed E-state index contributed by atoms with van der Waals surface area (Å²) in [6.07, 6.45) is 7.26. The summed E-state index contributed by atoms with van der Waals surface area (Å²) in [5, 5.41) is 4.22. The molecule has 15 heavy (non-hydrogen) atoms. The molecule has 0 saturated carbocycles. The summed E-state index contributed by atoms with van der Waals surface area (Å²) >= 11 is 0. The van der Waals surface area contributed by atoms with Crippen LogP contribution >= 0.6 is 0 Å². The van der Waals surface area contributed by atoms with Crippen molar-refractivity contribution in [2.45, 2.75) is 19.0 Å². The first-order valence-corrected chi connectivity index (χ1v) is 4.93. The van der Waals surface area contributed by atoms with Crippen molar-refractivity contribution < 1.29 is 0 Å². The number of nitrogens with two attached hydrogens (primary N) is 1. The van der Waals surface area contributed by atoms with Crippen LogP contribution in [0.2, 0.25) is 0 Å². The second-order valence-corrected chi connectivity index (χ2v) is 3.58. The van der Waals surface area contributed by atoms with Gasteiger partial charge in [0.1, 0.15) is 0 Å². The van der Waals surface area contributed by atoms with Crippen molar-refractivity contribution in [2.75, 3.05) is 0 Å². The third kappa shape index (κ3) is 2.05. The number of rotatable bonds is 3. The molecule has 2 unspecified atom stereocenters. The van der Waals surface area contributed by atoms with Gasteiger partial charge in [0.25, 0.3) is 0 Å². The minimum atomic E-state index is -0.00546. The first-order chi connectivity index (χ1) is 7.29. The Kier molecular flexibility index (Phi) is 2.78. The molecule has 0 aliphatic carbocycles. The predicted octanol–water partition coefficient (Wildman–Crippen LogP) is 1.21. The normalized spacial score (nSPS) is 14.8. The van der Waals surface area contributed by atoms with Crippen molar-refractivity contribution in [3.8, 4) is 0 Å². The molecule has 0 amide bonds. The van der Waals surface area contributed by atoms with Gasteiger partial charge in [-0.05, 0) is 24.6 Å². The lowest BCUT2D eigenvalue weighted by Crippen LogP contribution is -2.30. The van der Waals surface area contributed by atoms with Crippen molar-refractivity contribution in [1.29, 1.82) is 0 Å². The second-order valence-electron chi connectivity index (χ2n) is 3.58. The molecule has 0 radical (unpaired) electrons. The zero-order valence-electron chi connectivity index (χ0n) is 8.62. The molecule has 0 spiro atoms. The molecule has 2 aromatic heterocycles. The third-order valence-corrected chi connectivity index (χ3v) is 2.33. The van der Waals surface area contributed by atoms with E-state index in [1.165, 1.54) is 0 Å². The summed E-state index contributed by atoms with van der Waals surface area (Å²) < 4.78 is 1.86. The number of pyridine rings is 1. The first kappa shape index (κ1) is 9.86. The van der Waals surface area contributed by atoms with Gasteiger partial charge in [0, 0.05) is 30.8 Å². The van der Waals surface area contributed by atoms with E-state index in [4.69, 9.17) is 5.73 Å². The molecule has 0 saturated heterocycles. The van der Waals surface area contributed by atoms with Gasteiger partial charge in [-0.25, -0.2) is 0 Å². The van der Waals surface area contributed by atoms with Gasteiger partial charge in [0.2, 0.25) is 0 Å². The Bertz CT molecular complexity index is 394. The van der Waals surface area contributed by atoms with Crippen molar-refractivity contribution in [3.63, 3.8) is 0 Å². The highest BCUT2D eigenvalue weighted by atomic mass is 15.3. The summed E-state index contributed by atoms with van der Waals surface area (Å²) in [6, 6.07) is 5.87. The summed E-state index contributed by atoms with van der Waals surface area (Å²) in [4.78, 5) is 4.10. The Morgan fingerprint density at radius 2 is 2.20 bits per heavy atom. The molecule has 0 bridgehead atoms. The van der Waals surface area contributed by atoms with Crippen LogP contribution < -0.4 is 5.73 Å². The predicted molar refractivity (Wildman–Crippen MR) is 58.3 cm³/mol. The number of hydrogen-bond acceptors (Lipinski definition) is 3. The van der Waals surface area contributed by atoms with E-state index in [2.05, 4.69) is 10.1 Å². The molecule has 0 fully saturated rings. The van der Waals surface area contributed by atoms with Crippen molar-refractivity contribution in [2.24, 2.45) is 5.73 Å². The zero-order chi connectivity index (χ0) is 10.7. The molecule has 2 atom stereocenters. The van der Waals surface area contributed by atoms with Gasteiger partial charge in [-0.3, -0.25) is 9.67 Å². The highest BCUT2D eigenvalue weighted by molar-refractivity contribution is 5.16. The van der Waals surface area contributed by atoms with Gasteiger partial charge in [0.15, 0.2) is 0 Å². The number of nitrogens with zero attached hydrogens (tertiary/aromatic N) is 3. The molecule has 78 valence electrons. The topological polar surface area (TPSA) is 56.7 Å². The van der Waals surface area contributed by atoms with E-state index in [9.17, 15) is 0 Å². The standard InChI is InChI=1S/C11H14N4/c1-9(12)11(15-7-3-6-14-15)10-4-2-5-13-8-10/h2-9,11H,12H2,1H3. The lowest BCUT2D eigenvalue weighted by molar-refractivity contribution is 0.453. The summed E-state index contributed by atoms with van der Waals surface area (Å²) in [5.74, 6) is 0. The first-order valence-electron chi connectivity index (χ1n) is 4.93. The van der Waals surface area contributed by atoms with Crippen LogP contribution in [0.1, 0.15) is 18.5 Å². The quantitative estimate of drug-likeness (QED) is 0.814. The maximum atomic E-state index is 5.97.